The molecule has 3 aromatic rings. The van der Waals surface area contributed by atoms with Crippen LogP contribution in [0.2, 0.25) is 0 Å². The number of nitrogens with zero attached hydrogens (tertiary/aromatic N) is 1. The van der Waals surface area contributed by atoms with Crippen LogP contribution in [0.15, 0.2) is 34.9 Å². The maximum atomic E-state index is 12.2. The SMILES string of the molecule is Cc1cc(C(=O)COC(=O)Cc2ccc(OCc3c(C)noc3C)cc2)c(C)s1. The van der Waals surface area contributed by atoms with E-state index in [1.54, 1.807) is 35.6 Å². The molecule has 0 saturated carbocycles. The zero-order valence-corrected chi connectivity index (χ0v) is 17.7. The third-order valence-corrected chi connectivity index (χ3v) is 5.51. The van der Waals surface area contributed by atoms with Gasteiger partial charge in [0.15, 0.2) is 6.61 Å². The molecule has 0 N–H and O–H groups in total. The standard InChI is InChI=1S/C22H23NO5S/c1-13-9-19(16(4)29-13)21(24)12-27-22(25)10-17-5-7-18(8-6-17)26-11-20-14(2)23-28-15(20)3/h5-9H,10-12H2,1-4H3. The molecule has 0 unspecified atom stereocenters. The van der Waals surface area contributed by atoms with Crippen LogP contribution in [-0.4, -0.2) is 23.5 Å². The molecule has 0 fully saturated rings. The molecule has 7 heteroatoms. The van der Waals surface area contributed by atoms with E-state index in [-0.39, 0.29) is 18.8 Å². The summed E-state index contributed by atoms with van der Waals surface area (Å²) in [7, 11) is 0. The molecule has 0 amide bonds. The van der Waals surface area contributed by atoms with E-state index >= 15 is 0 Å². The van der Waals surface area contributed by atoms with Crippen LogP contribution in [0.1, 0.15) is 42.7 Å². The number of hydrogen-bond donors (Lipinski definition) is 0. The van der Waals surface area contributed by atoms with Gasteiger partial charge >= 0.3 is 5.97 Å². The Balaban J connectivity index is 1.48. The van der Waals surface area contributed by atoms with Gasteiger partial charge in [-0.15, -0.1) is 11.3 Å². The van der Waals surface area contributed by atoms with Gasteiger partial charge in [-0.05, 0) is 51.5 Å². The van der Waals surface area contributed by atoms with Gasteiger partial charge in [0.2, 0.25) is 5.78 Å². The summed E-state index contributed by atoms with van der Waals surface area (Å²) in [5, 5.41) is 3.90. The van der Waals surface area contributed by atoms with Gasteiger partial charge in [0.05, 0.1) is 17.7 Å². The molecule has 0 aliphatic carbocycles. The van der Waals surface area contributed by atoms with Crippen molar-refractivity contribution < 1.29 is 23.6 Å². The smallest absolute Gasteiger partial charge is 0.310 e. The van der Waals surface area contributed by atoms with Crippen LogP contribution in [0.5, 0.6) is 5.75 Å². The maximum Gasteiger partial charge on any atom is 0.310 e. The van der Waals surface area contributed by atoms with Crippen molar-refractivity contribution in [1.29, 1.82) is 0 Å². The van der Waals surface area contributed by atoms with E-state index in [0.29, 0.717) is 17.9 Å². The minimum absolute atomic E-state index is 0.0963. The van der Waals surface area contributed by atoms with E-state index in [9.17, 15) is 9.59 Å². The van der Waals surface area contributed by atoms with Crippen LogP contribution in [0.25, 0.3) is 0 Å². The minimum atomic E-state index is -0.438. The van der Waals surface area contributed by atoms with Gasteiger partial charge in [0.1, 0.15) is 18.1 Å². The van der Waals surface area contributed by atoms with Crippen molar-refractivity contribution in [3.63, 3.8) is 0 Å². The fourth-order valence-electron chi connectivity index (χ4n) is 2.92. The van der Waals surface area contributed by atoms with Gasteiger partial charge in [0.25, 0.3) is 0 Å². The molecule has 6 nitrogen and oxygen atoms in total. The van der Waals surface area contributed by atoms with Crippen molar-refractivity contribution in [1.82, 2.24) is 5.16 Å². The zero-order valence-electron chi connectivity index (χ0n) is 16.9. The van der Waals surface area contributed by atoms with E-state index in [4.69, 9.17) is 14.0 Å². The first-order valence-corrected chi connectivity index (χ1v) is 10.0. The highest BCUT2D eigenvalue weighted by atomic mass is 32.1. The molecule has 0 saturated heterocycles. The lowest BCUT2D eigenvalue weighted by molar-refractivity contribution is -0.141. The average molecular weight is 413 g/mol. The molecule has 0 atom stereocenters. The molecule has 1 aromatic carbocycles. The van der Waals surface area contributed by atoms with Gasteiger partial charge in [0, 0.05) is 15.3 Å². The van der Waals surface area contributed by atoms with E-state index in [1.807, 2.05) is 33.8 Å². The number of rotatable bonds is 8. The lowest BCUT2D eigenvalue weighted by atomic mass is 10.1. The molecule has 0 aliphatic rings. The van der Waals surface area contributed by atoms with Crippen molar-refractivity contribution in [2.45, 2.75) is 40.7 Å². The highest BCUT2D eigenvalue weighted by Gasteiger charge is 2.15. The second-order valence-corrected chi connectivity index (χ2v) is 8.28. The van der Waals surface area contributed by atoms with Crippen LogP contribution in [0.4, 0.5) is 0 Å². The van der Waals surface area contributed by atoms with Crippen molar-refractivity contribution >= 4 is 23.1 Å². The third kappa shape index (κ3) is 5.32. The van der Waals surface area contributed by atoms with Gasteiger partial charge in [-0.2, -0.15) is 0 Å². The topological polar surface area (TPSA) is 78.6 Å². The minimum Gasteiger partial charge on any atom is -0.489 e. The predicted molar refractivity (Wildman–Crippen MR) is 110 cm³/mol. The number of carbonyl (C=O) groups excluding carboxylic acids is 2. The van der Waals surface area contributed by atoms with Gasteiger partial charge in [-0.3, -0.25) is 9.59 Å². The Morgan fingerprint density at radius 2 is 1.83 bits per heavy atom. The molecular formula is C22H23NO5S. The number of Topliss-reactive ketones (excluding diaryl/α,β-unsaturated/α-hetero) is 1. The largest absolute Gasteiger partial charge is 0.489 e. The Labute approximate surface area is 173 Å². The highest BCUT2D eigenvalue weighted by Crippen LogP contribution is 2.21. The van der Waals surface area contributed by atoms with E-state index in [0.717, 1.165) is 32.3 Å². The summed E-state index contributed by atoms with van der Waals surface area (Å²) < 4.78 is 16.0. The van der Waals surface area contributed by atoms with Gasteiger partial charge in [-0.25, -0.2) is 0 Å². The molecule has 0 spiro atoms. The predicted octanol–water partition coefficient (Wildman–Crippen LogP) is 4.52. The van der Waals surface area contributed by atoms with Crippen molar-refractivity contribution in [2.75, 3.05) is 6.61 Å². The van der Waals surface area contributed by atoms with Crippen LogP contribution >= 0.6 is 11.3 Å². The van der Waals surface area contributed by atoms with E-state index < -0.39 is 5.97 Å². The first kappa shape index (κ1) is 20.8. The Hall–Kier alpha value is -2.93. The fourth-order valence-corrected chi connectivity index (χ4v) is 3.86. The number of aryl methyl sites for hydroxylation is 4. The molecule has 0 aliphatic heterocycles. The summed E-state index contributed by atoms with van der Waals surface area (Å²) in [5.74, 6) is 0.806. The number of ketones is 1. The van der Waals surface area contributed by atoms with E-state index in [1.165, 1.54) is 0 Å². The Morgan fingerprint density at radius 3 is 2.41 bits per heavy atom. The lowest BCUT2D eigenvalue weighted by Gasteiger charge is -2.07. The second kappa shape index (κ2) is 9.05. The average Bonchev–Trinajstić information content (AvgIpc) is 3.20. The summed E-state index contributed by atoms with van der Waals surface area (Å²) in [6.07, 6.45) is 0.0963. The monoisotopic (exact) mass is 413 g/mol. The summed E-state index contributed by atoms with van der Waals surface area (Å²) >= 11 is 1.56. The quantitative estimate of drug-likeness (QED) is 0.399. The highest BCUT2D eigenvalue weighted by molar-refractivity contribution is 7.12. The van der Waals surface area contributed by atoms with E-state index in [2.05, 4.69) is 5.16 Å². The number of ether oxygens (including phenoxy) is 2. The first-order chi connectivity index (χ1) is 13.8. The summed E-state index contributed by atoms with van der Waals surface area (Å²) in [4.78, 5) is 26.3. The third-order valence-electron chi connectivity index (χ3n) is 4.54. The van der Waals surface area contributed by atoms with Crippen LogP contribution in [0.3, 0.4) is 0 Å². The number of esters is 1. The normalized spacial score (nSPS) is 10.8. The molecule has 2 heterocycles. The first-order valence-electron chi connectivity index (χ1n) is 9.23. The summed E-state index contributed by atoms with van der Waals surface area (Å²) in [6.45, 7) is 7.68. The molecule has 152 valence electrons. The van der Waals surface area contributed by atoms with Gasteiger partial charge in [-0.1, -0.05) is 17.3 Å². The number of hydrogen-bond acceptors (Lipinski definition) is 7. The van der Waals surface area contributed by atoms with Gasteiger partial charge < -0.3 is 14.0 Å². The van der Waals surface area contributed by atoms with Crippen LogP contribution in [-0.2, 0) is 22.6 Å². The maximum absolute atomic E-state index is 12.2. The fraction of sp³-hybridized carbons (Fsp3) is 0.318. The summed E-state index contributed by atoms with van der Waals surface area (Å²) in [5.41, 5.74) is 3.15. The molecule has 0 bridgehead atoms. The Bertz CT molecular complexity index is 997. The van der Waals surface area contributed by atoms with Crippen molar-refractivity contribution in [3.05, 3.63) is 68.2 Å². The number of carbonyl (C=O) groups is 2. The van der Waals surface area contributed by atoms with Crippen LogP contribution in [0, 0.1) is 27.7 Å². The number of aromatic nitrogens is 1. The van der Waals surface area contributed by atoms with Crippen molar-refractivity contribution in [2.24, 2.45) is 0 Å². The molecular weight excluding hydrogens is 390 g/mol. The Morgan fingerprint density at radius 1 is 1.10 bits per heavy atom. The molecule has 3 rings (SSSR count). The summed E-state index contributed by atoms with van der Waals surface area (Å²) in [6, 6.07) is 9.03. The molecule has 0 radical (unpaired) electrons. The molecule has 29 heavy (non-hydrogen) atoms. The van der Waals surface area contributed by atoms with Crippen LogP contribution < -0.4 is 4.74 Å². The number of thiophene rings is 1. The molecule has 2 aromatic heterocycles. The number of benzene rings is 1. The second-order valence-electron chi connectivity index (χ2n) is 6.82. The Kier molecular flexibility index (Phi) is 6.49. The zero-order chi connectivity index (χ0) is 21.0. The lowest BCUT2D eigenvalue weighted by Crippen LogP contribution is -2.15. The van der Waals surface area contributed by atoms with Crippen molar-refractivity contribution in [3.8, 4) is 5.75 Å².